The van der Waals surface area contributed by atoms with E-state index >= 15 is 0 Å². The molecule has 5 rings (SSSR count). The molecule has 1 aromatic carbocycles. The minimum atomic E-state index is -3.47. The highest BCUT2D eigenvalue weighted by molar-refractivity contribution is 7.88. The van der Waals surface area contributed by atoms with E-state index in [4.69, 9.17) is 9.26 Å². The van der Waals surface area contributed by atoms with Gasteiger partial charge in [-0.15, -0.1) is 0 Å². The number of aromatic nitrogens is 4. The maximum atomic E-state index is 13.0. The van der Waals surface area contributed by atoms with E-state index in [1.165, 1.54) is 4.31 Å². The molecule has 4 heterocycles. The van der Waals surface area contributed by atoms with Crippen molar-refractivity contribution in [2.45, 2.75) is 37.6 Å². The van der Waals surface area contributed by atoms with Crippen LogP contribution in [-0.4, -0.2) is 45.9 Å². The molecule has 2 aromatic heterocycles. The van der Waals surface area contributed by atoms with Crippen LogP contribution in [0.5, 0.6) is 0 Å². The molecule has 0 N–H and O–H groups in total. The number of hydrogen-bond donors (Lipinski definition) is 0. The van der Waals surface area contributed by atoms with Gasteiger partial charge in [0.2, 0.25) is 10.0 Å². The fourth-order valence-electron chi connectivity index (χ4n) is 4.06. The standard InChI is InChI=1S/C20H23N5O4S/c1-24-17-12-25(30(26,27)13-14-5-3-2-4-6-14)11-16(17)18(22-24)20-21-19(23-29-20)15-7-9-28-10-8-15/h2-6,15H,7-13H2,1H3. The van der Waals surface area contributed by atoms with Gasteiger partial charge in [-0.05, 0) is 18.4 Å². The summed E-state index contributed by atoms with van der Waals surface area (Å²) in [6, 6.07) is 9.21. The molecule has 0 bridgehead atoms. The minimum absolute atomic E-state index is 0.0287. The normalized spacial score (nSPS) is 18.0. The third-order valence-corrected chi connectivity index (χ3v) is 7.49. The lowest BCUT2D eigenvalue weighted by molar-refractivity contribution is 0.0830. The summed E-state index contributed by atoms with van der Waals surface area (Å²) in [6.07, 6.45) is 1.73. The van der Waals surface area contributed by atoms with Crippen molar-refractivity contribution in [3.8, 4) is 11.6 Å². The molecule has 1 fully saturated rings. The van der Waals surface area contributed by atoms with E-state index in [0.717, 1.165) is 29.7 Å². The Labute approximate surface area is 174 Å². The summed E-state index contributed by atoms with van der Waals surface area (Å²) >= 11 is 0. The van der Waals surface area contributed by atoms with Crippen LogP contribution in [0.25, 0.3) is 11.6 Å². The molecule has 158 valence electrons. The van der Waals surface area contributed by atoms with Crippen molar-refractivity contribution in [3.63, 3.8) is 0 Å². The first-order chi connectivity index (χ1) is 14.5. The first kappa shape index (κ1) is 19.4. The van der Waals surface area contributed by atoms with E-state index in [-0.39, 0.29) is 24.8 Å². The molecule has 30 heavy (non-hydrogen) atoms. The summed E-state index contributed by atoms with van der Waals surface area (Å²) in [5, 5.41) is 8.69. The average molecular weight is 430 g/mol. The smallest absolute Gasteiger partial charge is 0.278 e. The Bertz CT molecular complexity index is 1150. The molecule has 0 radical (unpaired) electrons. The second-order valence-electron chi connectivity index (χ2n) is 7.75. The molecule has 9 nitrogen and oxygen atoms in total. The van der Waals surface area contributed by atoms with Crippen molar-refractivity contribution in [2.75, 3.05) is 13.2 Å². The monoisotopic (exact) mass is 429 g/mol. The zero-order chi connectivity index (χ0) is 20.7. The number of sulfonamides is 1. The van der Waals surface area contributed by atoms with Crippen LogP contribution in [0.1, 0.15) is 41.4 Å². The number of hydrogen-bond acceptors (Lipinski definition) is 7. The van der Waals surface area contributed by atoms with E-state index in [2.05, 4.69) is 15.2 Å². The lowest BCUT2D eigenvalue weighted by Crippen LogP contribution is -2.27. The van der Waals surface area contributed by atoms with Gasteiger partial charge in [0, 0.05) is 38.3 Å². The molecule has 2 aliphatic heterocycles. The summed E-state index contributed by atoms with van der Waals surface area (Å²) < 4.78 is 40.1. The van der Waals surface area contributed by atoms with Crippen LogP contribution >= 0.6 is 0 Å². The zero-order valence-electron chi connectivity index (χ0n) is 16.7. The summed E-state index contributed by atoms with van der Waals surface area (Å²) in [7, 11) is -1.66. The highest BCUT2D eigenvalue weighted by Crippen LogP contribution is 2.34. The number of rotatable bonds is 5. The Morgan fingerprint density at radius 3 is 2.67 bits per heavy atom. The van der Waals surface area contributed by atoms with Gasteiger partial charge in [-0.1, -0.05) is 35.5 Å². The largest absolute Gasteiger partial charge is 0.381 e. The van der Waals surface area contributed by atoms with Crippen molar-refractivity contribution in [1.29, 1.82) is 0 Å². The Kier molecular flexibility index (Phi) is 4.92. The van der Waals surface area contributed by atoms with E-state index < -0.39 is 10.0 Å². The first-order valence-electron chi connectivity index (χ1n) is 9.99. The molecule has 0 amide bonds. The Morgan fingerprint density at radius 2 is 1.90 bits per heavy atom. The Hall–Kier alpha value is -2.56. The highest BCUT2D eigenvalue weighted by atomic mass is 32.2. The van der Waals surface area contributed by atoms with E-state index in [1.807, 2.05) is 37.4 Å². The predicted molar refractivity (Wildman–Crippen MR) is 108 cm³/mol. The summed E-state index contributed by atoms with van der Waals surface area (Å²) in [5.74, 6) is 1.20. The van der Waals surface area contributed by atoms with Gasteiger partial charge in [0.1, 0.15) is 0 Å². The first-order valence-corrected chi connectivity index (χ1v) is 11.6. The number of aryl methyl sites for hydroxylation is 1. The number of fused-ring (bicyclic) bond motifs is 1. The summed E-state index contributed by atoms with van der Waals surface area (Å²) in [4.78, 5) is 4.57. The second kappa shape index (κ2) is 7.60. The van der Waals surface area contributed by atoms with Crippen LogP contribution in [0, 0.1) is 0 Å². The van der Waals surface area contributed by atoms with Crippen molar-refractivity contribution < 1.29 is 17.7 Å². The minimum Gasteiger partial charge on any atom is -0.381 e. The third-order valence-electron chi connectivity index (χ3n) is 5.75. The number of benzene rings is 1. The van der Waals surface area contributed by atoms with Gasteiger partial charge >= 0.3 is 0 Å². The molecular formula is C20H23N5O4S. The van der Waals surface area contributed by atoms with Crippen LogP contribution in [0.2, 0.25) is 0 Å². The summed E-state index contributed by atoms with van der Waals surface area (Å²) in [6.45, 7) is 1.93. The van der Waals surface area contributed by atoms with Crippen LogP contribution in [0.4, 0.5) is 0 Å². The van der Waals surface area contributed by atoms with Crippen molar-refractivity contribution in [2.24, 2.45) is 7.05 Å². The van der Waals surface area contributed by atoms with Gasteiger partial charge in [0.25, 0.3) is 5.89 Å². The van der Waals surface area contributed by atoms with Gasteiger partial charge in [0.05, 0.1) is 18.0 Å². The molecular weight excluding hydrogens is 406 g/mol. The van der Waals surface area contributed by atoms with E-state index in [9.17, 15) is 8.42 Å². The molecule has 10 heteroatoms. The van der Waals surface area contributed by atoms with Gasteiger partial charge < -0.3 is 9.26 Å². The maximum Gasteiger partial charge on any atom is 0.278 e. The number of nitrogens with zero attached hydrogens (tertiary/aromatic N) is 5. The fourth-order valence-corrected chi connectivity index (χ4v) is 5.50. The second-order valence-corrected chi connectivity index (χ2v) is 9.72. The Balaban J connectivity index is 1.39. The lowest BCUT2D eigenvalue weighted by Gasteiger charge is -2.18. The molecule has 0 saturated carbocycles. The summed E-state index contributed by atoms with van der Waals surface area (Å²) in [5.41, 5.74) is 3.02. The molecule has 0 atom stereocenters. The van der Waals surface area contributed by atoms with Crippen LogP contribution in [-0.2, 0) is 40.7 Å². The van der Waals surface area contributed by atoms with Gasteiger partial charge in [-0.3, -0.25) is 4.68 Å². The van der Waals surface area contributed by atoms with Gasteiger partial charge in [-0.2, -0.15) is 14.4 Å². The predicted octanol–water partition coefficient (Wildman–Crippen LogP) is 2.21. The SMILES string of the molecule is Cn1nc(-c2nc(C3CCOCC3)no2)c2c1CN(S(=O)(=O)Cc1ccccc1)C2. The maximum absolute atomic E-state index is 13.0. The number of ether oxygens (including phenoxy) is 1. The van der Waals surface area contributed by atoms with Gasteiger partial charge in [0.15, 0.2) is 11.5 Å². The van der Waals surface area contributed by atoms with E-state index in [1.54, 1.807) is 4.68 Å². The topological polar surface area (TPSA) is 103 Å². The molecule has 2 aliphatic rings. The van der Waals surface area contributed by atoms with Crippen LogP contribution in [0.3, 0.4) is 0 Å². The third kappa shape index (κ3) is 3.55. The lowest BCUT2D eigenvalue weighted by atomic mass is 10.00. The fraction of sp³-hybridized carbons (Fsp3) is 0.450. The zero-order valence-corrected chi connectivity index (χ0v) is 17.5. The molecule has 3 aromatic rings. The highest BCUT2D eigenvalue weighted by Gasteiger charge is 2.36. The molecule has 0 unspecified atom stereocenters. The van der Waals surface area contributed by atoms with Crippen molar-refractivity contribution in [3.05, 3.63) is 53.0 Å². The molecule has 1 saturated heterocycles. The van der Waals surface area contributed by atoms with Crippen LogP contribution in [0.15, 0.2) is 34.9 Å². The quantitative estimate of drug-likeness (QED) is 0.612. The molecule has 0 aliphatic carbocycles. The molecule has 0 spiro atoms. The van der Waals surface area contributed by atoms with Crippen molar-refractivity contribution in [1.82, 2.24) is 24.2 Å². The van der Waals surface area contributed by atoms with Crippen molar-refractivity contribution >= 4 is 10.0 Å². The van der Waals surface area contributed by atoms with Gasteiger partial charge in [-0.25, -0.2) is 8.42 Å². The average Bonchev–Trinajstić information content (AvgIpc) is 3.46. The Morgan fingerprint density at radius 1 is 1.13 bits per heavy atom. The van der Waals surface area contributed by atoms with Crippen LogP contribution < -0.4 is 0 Å². The van der Waals surface area contributed by atoms with E-state index in [0.29, 0.717) is 30.6 Å².